The molecule has 0 heterocycles. The first kappa shape index (κ1) is 12.1. The van der Waals surface area contributed by atoms with Gasteiger partial charge in [-0.05, 0) is 30.7 Å². The molecule has 0 radical (unpaired) electrons. The summed E-state index contributed by atoms with van der Waals surface area (Å²) in [5.74, 6) is 0. The molecule has 16 heavy (non-hydrogen) atoms. The van der Waals surface area contributed by atoms with Crippen LogP contribution in [0.25, 0.3) is 6.08 Å². The van der Waals surface area contributed by atoms with Crippen LogP contribution >= 0.6 is 0 Å². The first-order valence-corrected chi connectivity index (χ1v) is 5.16. The predicted octanol–water partition coefficient (Wildman–Crippen LogP) is 3.24. The van der Waals surface area contributed by atoms with Crippen molar-refractivity contribution in [1.82, 2.24) is 0 Å². The van der Waals surface area contributed by atoms with Crippen molar-refractivity contribution in [2.24, 2.45) is 0 Å². The summed E-state index contributed by atoms with van der Waals surface area (Å²) in [6, 6.07) is 10.3. The van der Waals surface area contributed by atoms with Gasteiger partial charge in [0.15, 0.2) is 0 Å². The van der Waals surface area contributed by atoms with E-state index < -0.39 is 0 Å². The van der Waals surface area contributed by atoms with E-state index in [4.69, 9.17) is 5.26 Å². The van der Waals surface area contributed by atoms with Crippen LogP contribution in [-0.2, 0) is 0 Å². The molecule has 0 bridgehead atoms. The zero-order valence-electron chi connectivity index (χ0n) is 9.94. The molecule has 0 unspecified atom stereocenters. The number of benzene rings is 1. The number of nitriles is 1. The quantitative estimate of drug-likeness (QED) is 0.568. The van der Waals surface area contributed by atoms with Crippen LogP contribution < -0.4 is 4.90 Å². The summed E-state index contributed by atoms with van der Waals surface area (Å²) in [6.45, 7) is 1.79. The largest absolute Gasteiger partial charge is 0.378 e. The average Bonchev–Trinajstić information content (AvgIpc) is 2.29. The monoisotopic (exact) mass is 212 g/mol. The summed E-state index contributed by atoms with van der Waals surface area (Å²) in [7, 11) is 4.04. The smallest absolute Gasteiger partial charge is 0.0944 e. The van der Waals surface area contributed by atoms with Crippen LogP contribution in [0.15, 0.2) is 42.0 Å². The van der Waals surface area contributed by atoms with Gasteiger partial charge in [0.2, 0.25) is 0 Å². The highest BCUT2D eigenvalue weighted by Gasteiger charge is 1.92. The first-order chi connectivity index (χ1) is 7.63. The van der Waals surface area contributed by atoms with Gasteiger partial charge in [-0.25, -0.2) is 0 Å². The topological polar surface area (TPSA) is 27.0 Å². The molecule has 2 nitrogen and oxygen atoms in total. The maximum Gasteiger partial charge on any atom is 0.0944 e. The molecule has 0 N–H and O–H groups in total. The molecule has 0 saturated carbocycles. The lowest BCUT2D eigenvalue weighted by Crippen LogP contribution is -2.07. The number of anilines is 1. The molecule has 0 aliphatic heterocycles. The average molecular weight is 212 g/mol. The summed E-state index contributed by atoms with van der Waals surface area (Å²) in [6.07, 6.45) is 5.68. The molecular weight excluding hydrogens is 196 g/mol. The van der Waals surface area contributed by atoms with Gasteiger partial charge in [0, 0.05) is 25.4 Å². The normalized spacial score (nSPS) is 11.5. The Hall–Kier alpha value is -2.01. The van der Waals surface area contributed by atoms with Crippen molar-refractivity contribution in [3.05, 3.63) is 47.6 Å². The summed E-state index contributed by atoms with van der Waals surface area (Å²) < 4.78 is 0. The molecule has 0 aromatic heterocycles. The van der Waals surface area contributed by atoms with E-state index >= 15 is 0 Å². The second-order valence-electron chi connectivity index (χ2n) is 3.81. The Morgan fingerprint density at radius 2 is 1.88 bits per heavy atom. The Labute approximate surface area is 97.1 Å². The van der Waals surface area contributed by atoms with Gasteiger partial charge in [-0.15, -0.1) is 0 Å². The van der Waals surface area contributed by atoms with E-state index in [1.807, 2.05) is 26.2 Å². The molecule has 1 aromatic rings. The molecule has 0 aliphatic carbocycles. The second kappa shape index (κ2) is 5.77. The van der Waals surface area contributed by atoms with Gasteiger partial charge in [0.05, 0.1) is 6.07 Å². The van der Waals surface area contributed by atoms with Gasteiger partial charge in [-0.2, -0.15) is 5.26 Å². The van der Waals surface area contributed by atoms with Crippen LogP contribution in [0.3, 0.4) is 0 Å². The van der Waals surface area contributed by atoms with Crippen LogP contribution in [0, 0.1) is 11.3 Å². The molecule has 1 aromatic carbocycles. The van der Waals surface area contributed by atoms with Gasteiger partial charge in [0.1, 0.15) is 0 Å². The third-order valence-electron chi connectivity index (χ3n) is 2.22. The molecule has 0 fully saturated rings. The molecular formula is C14H16N2. The summed E-state index contributed by atoms with van der Waals surface area (Å²) in [5.41, 5.74) is 3.02. The van der Waals surface area contributed by atoms with Gasteiger partial charge in [0.25, 0.3) is 0 Å². The first-order valence-electron chi connectivity index (χ1n) is 5.16. The Bertz CT molecular complexity index is 431. The second-order valence-corrected chi connectivity index (χ2v) is 3.81. The third kappa shape index (κ3) is 3.62. The highest BCUT2D eigenvalue weighted by Crippen LogP contribution is 2.13. The minimum absolute atomic E-state index is 0.709. The molecule has 82 valence electrons. The molecule has 0 aliphatic rings. The van der Waals surface area contributed by atoms with E-state index in [1.54, 1.807) is 13.0 Å². The summed E-state index contributed by atoms with van der Waals surface area (Å²) in [4.78, 5) is 2.06. The van der Waals surface area contributed by atoms with Gasteiger partial charge in [-0.1, -0.05) is 24.3 Å². The van der Waals surface area contributed by atoms with Crippen LogP contribution in [0.2, 0.25) is 0 Å². The van der Waals surface area contributed by atoms with Crippen LogP contribution in [0.1, 0.15) is 12.5 Å². The Morgan fingerprint density at radius 3 is 2.38 bits per heavy atom. The van der Waals surface area contributed by atoms with E-state index in [0.29, 0.717) is 5.57 Å². The zero-order valence-corrected chi connectivity index (χ0v) is 9.94. The lowest BCUT2D eigenvalue weighted by Gasteiger charge is -2.11. The Morgan fingerprint density at radius 1 is 1.25 bits per heavy atom. The zero-order chi connectivity index (χ0) is 12.0. The summed E-state index contributed by atoms with van der Waals surface area (Å²) in [5, 5.41) is 8.57. The van der Waals surface area contributed by atoms with Crippen molar-refractivity contribution < 1.29 is 0 Å². The van der Waals surface area contributed by atoms with E-state index in [9.17, 15) is 0 Å². The number of nitrogens with zero attached hydrogens (tertiary/aromatic N) is 2. The maximum atomic E-state index is 8.57. The minimum Gasteiger partial charge on any atom is -0.378 e. The van der Waals surface area contributed by atoms with Gasteiger partial charge < -0.3 is 4.90 Å². The lowest BCUT2D eigenvalue weighted by atomic mass is 10.2. The molecule has 0 saturated heterocycles. The SMILES string of the molecule is C/C(C#N)=C/C=C/c1ccc(N(C)C)cc1. The standard InChI is InChI=1S/C14H16N2/c1-12(11-15)5-4-6-13-7-9-14(10-8-13)16(2)3/h4-10H,1-3H3/b6-4+,12-5-. The number of hydrogen-bond donors (Lipinski definition) is 0. The van der Waals surface area contributed by atoms with E-state index in [2.05, 4.69) is 35.2 Å². The third-order valence-corrected chi connectivity index (χ3v) is 2.22. The molecule has 1 rings (SSSR count). The van der Waals surface area contributed by atoms with E-state index in [-0.39, 0.29) is 0 Å². The Kier molecular flexibility index (Phi) is 4.35. The van der Waals surface area contributed by atoms with Crippen molar-refractivity contribution in [3.63, 3.8) is 0 Å². The fraction of sp³-hybridized carbons (Fsp3) is 0.214. The fourth-order valence-electron chi connectivity index (χ4n) is 1.22. The molecule has 0 amide bonds. The number of rotatable bonds is 3. The highest BCUT2D eigenvalue weighted by molar-refractivity contribution is 5.56. The number of hydrogen-bond acceptors (Lipinski definition) is 2. The van der Waals surface area contributed by atoms with Gasteiger partial charge >= 0.3 is 0 Å². The van der Waals surface area contributed by atoms with E-state index in [1.165, 1.54) is 5.69 Å². The van der Waals surface area contributed by atoms with Crippen molar-refractivity contribution in [1.29, 1.82) is 5.26 Å². The van der Waals surface area contributed by atoms with Crippen molar-refractivity contribution in [2.45, 2.75) is 6.92 Å². The van der Waals surface area contributed by atoms with Crippen LogP contribution in [0.5, 0.6) is 0 Å². The predicted molar refractivity (Wildman–Crippen MR) is 69.2 cm³/mol. The van der Waals surface area contributed by atoms with Crippen molar-refractivity contribution >= 4 is 11.8 Å². The Balaban J connectivity index is 2.73. The van der Waals surface area contributed by atoms with Crippen LogP contribution in [0.4, 0.5) is 5.69 Å². The number of allylic oxidation sites excluding steroid dienone is 3. The van der Waals surface area contributed by atoms with Crippen LogP contribution in [-0.4, -0.2) is 14.1 Å². The van der Waals surface area contributed by atoms with Gasteiger partial charge in [-0.3, -0.25) is 0 Å². The van der Waals surface area contributed by atoms with E-state index in [0.717, 1.165) is 5.56 Å². The lowest BCUT2D eigenvalue weighted by molar-refractivity contribution is 1.13. The van der Waals surface area contributed by atoms with Crippen molar-refractivity contribution in [3.8, 4) is 6.07 Å². The highest BCUT2D eigenvalue weighted by atomic mass is 15.1. The minimum atomic E-state index is 0.709. The molecule has 2 heteroatoms. The molecule has 0 spiro atoms. The summed E-state index contributed by atoms with van der Waals surface area (Å²) >= 11 is 0. The fourth-order valence-corrected chi connectivity index (χ4v) is 1.22. The molecule has 0 atom stereocenters. The van der Waals surface area contributed by atoms with Crippen molar-refractivity contribution in [2.75, 3.05) is 19.0 Å². The maximum absolute atomic E-state index is 8.57.